The third kappa shape index (κ3) is 1.97. The van der Waals surface area contributed by atoms with Crippen molar-refractivity contribution < 1.29 is 0 Å². The van der Waals surface area contributed by atoms with Gasteiger partial charge in [-0.15, -0.1) is 0 Å². The van der Waals surface area contributed by atoms with Crippen molar-refractivity contribution in [2.24, 2.45) is 0 Å². The Hall–Kier alpha value is -0.960. The first-order valence-electron chi connectivity index (χ1n) is 6.86. The number of rotatable bonds is 2. The van der Waals surface area contributed by atoms with Gasteiger partial charge in [0.15, 0.2) is 0 Å². The second-order valence-electron chi connectivity index (χ2n) is 5.60. The Labute approximate surface area is 103 Å². The molecule has 17 heavy (non-hydrogen) atoms. The molecule has 92 valence electrons. The topological polar surface area (TPSA) is 37.8 Å². The minimum absolute atomic E-state index is 0.505. The van der Waals surface area contributed by atoms with Crippen LogP contribution in [0.25, 0.3) is 0 Å². The van der Waals surface area contributed by atoms with Crippen LogP contribution in [0.1, 0.15) is 67.7 Å². The van der Waals surface area contributed by atoms with Crippen molar-refractivity contribution in [3.05, 3.63) is 22.8 Å². The maximum Gasteiger partial charge on any atom is 0.131 e. The Morgan fingerprint density at radius 3 is 2.71 bits per heavy atom. The molecule has 0 spiro atoms. The maximum absolute atomic E-state index is 4.86. The van der Waals surface area contributed by atoms with Gasteiger partial charge >= 0.3 is 0 Å². The lowest BCUT2D eigenvalue weighted by molar-refractivity contribution is 0.396. The van der Waals surface area contributed by atoms with Crippen LogP contribution in [0.5, 0.6) is 0 Å². The van der Waals surface area contributed by atoms with Crippen LogP contribution in [0, 0.1) is 0 Å². The monoisotopic (exact) mass is 231 g/mol. The summed E-state index contributed by atoms with van der Waals surface area (Å²) >= 11 is 0. The fourth-order valence-corrected chi connectivity index (χ4v) is 2.72. The normalized spacial score (nSPS) is 20.2. The van der Waals surface area contributed by atoms with Gasteiger partial charge in [-0.2, -0.15) is 0 Å². The van der Waals surface area contributed by atoms with Crippen molar-refractivity contribution in [1.82, 2.24) is 15.3 Å². The van der Waals surface area contributed by atoms with E-state index in [1.165, 1.54) is 36.2 Å². The lowest BCUT2D eigenvalue weighted by atomic mass is 9.84. The molecule has 0 saturated heterocycles. The number of aromatic nitrogens is 2. The molecule has 1 aromatic rings. The number of fused-ring (bicyclic) bond motifs is 1. The number of hydrogen-bond acceptors (Lipinski definition) is 3. The predicted molar refractivity (Wildman–Crippen MR) is 68.1 cm³/mol. The van der Waals surface area contributed by atoms with E-state index in [1.54, 1.807) is 0 Å². The zero-order valence-corrected chi connectivity index (χ0v) is 10.8. The Morgan fingerprint density at radius 2 is 2.06 bits per heavy atom. The van der Waals surface area contributed by atoms with E-state index in [9.17, 15) is 0 Å². The second-order valence-corrected chi connectivity index (χ2v) is 5.60. The van der Waals surface area contributed by atoms with Gasteiger partial charge < -0.3 is 5.32 Å². The number of nitrogens with zero attached hydrogens (tertiary/aromatic N) is 2. The number of nitrogens with one attached hydrogen (secondary N) is 1. The van der Waals surface area contributed by atoms with Gasteiger partial charge in [0.1, 0.15) is 5.82 Å². The van der Waals surface area contributed by atoms with Gasteiger partial charge in [-0.25, -0.2) is 9.97 Å². The summed E-state index contributed by atoms with van der Waals surface area (Å²) in [6.45, 7) is 6.49. The van der Waals surface area contributed by atoms with Crippen LogP contribution in [-0.4, -0.2) is 16.5 Å². The minimum Gasteiger partial charge on any atom is -0.312 e. The summed E-state index contributed by atoms with van der Waals surface area (Å²) in [4.78, 5) is 9.68. The van der Waals surface area contributed by atoms with Crippen molar-refractivity contribution in [3.8, 4) is 0 Å². The highest BCUT2D eigenvalue weighted by molar-refractivity contribution is 5.31. The van der Waals surface area contributed by atoms with Gasteiger partial charge in [0.25, 0.3) is 0 Å². The predicted octanol–water partition coefficient (Wildman–Crippen LogP) is 2.51. The number of hydrogen-bond donors (Lipinski definition) is 1. The summed E-state index contributed by atoms with van der Waals surface area (Å²) in [5, 5.41) is 3.43. The van der Waals surface area contributed by atoms with Crippen molar-refractivity contribution >= 4 is 0 Å². The average Bonchev–Trinajstić information content (AvgIpc) is 2.25. The molecule has 3 rings (SSSR count). The summed E-state index contributed by atoms with van der Waals surface area (Å²) in [6, 6.07) is 0. The molecule has 1 fully saturated rings. The first kappa shape index (κ1) is 11.1. The lowest BCUT2D eigenvalue weighted by Crippen LogP contribution is -2.28. The summed E-state index contributed by atoms with van der Waals surface area (Å²) < 4.78 is 0. The molecule has 0 amide bonds. The highest BCUT2D eigenvalue weighted by atomic mass is 15.0. The van der Waals surface area contributed by atoms with Crippen LogP contribution >= 0.6 is 0 Å². The zero-order valence-electron chi connectivity index (χ0n) is 10.8. The molecule has 0 unspecified atom stereocenters. The van der Waals surface area contributed by atoms with Gasteiger partial charge in [0.2, 0.25) is 0 Å². The van der Waals surface area contributed by atoms with Crippen LogP contribution in [0.4, 0.5) is 0 Å². The third-order valence-electron chi connectivity index (χ3n) is 4.00. The van der Waals surface area contributed by atoms with E-state index in [0.717, 1.165) is 25.3 Å². The van der Waals surface area contributed by atoms with Gasteiger partial charge in [-0.05, 0) is 18.8 Å². The summed E-state index contributed by atoms with van der Waals surface area (Å²) in [7, 11) is 0. The molecule has 1 N–H and O–H groups in total. The highest BCUT2D eigenvalue weighted by Crippen LogP contribution is 2.36. The Bertz CT molecular complexity index is 422. The minimum atomic E-state index is 0.505. The molecular formula is C14H21N3. The molecule has 0 bridgehead atoms. The molecule has 0 atom stereocenters. The first-order chi connectivity index (χ1) is 8.25. The maximum atomic E-state index is 4.86. The van der Waals surface area contributed by atoms with Gasteiger partial charge in [-0.3, -0.25) is 0 Å². The fourth-order valence-electron chi connectivity index (χ4n) is 2.72. The SMILES string of the molecule is CC(C)c1nc(C2CCC2)nc2c1CNCC2. The molecule has 2 aliphatic rings. The molecule has 2 heterocycles. The molecule has 1 aliphatic heterocycles. The van der Waals surface area contributed by atoms with E-state index in [-0.39, 0.29) is 0 Å². The van der Waals surface area contributed by atoms with Gasteiger partial charge in [-0.1, -0.05) is 20.3 Å². The molecule has 0 aromatic carbocycles. The Kier molecular flexibility index (Phi) is 2.87. The third-order valence-corrected chi connectivity index (χ3v) is 4.00. The molecule has 0 radical (unpaired) electrons. The van der Waals surface area contributed by atoms with Crippen LogP contribution in [-0.2, 0) is 13.0 Å². The quantitative estimate of drug-likeness (QED) is 0.850. The van der Waals surface area contributed by atoms with Crippen LogP contribution < -0.4 is 5.32 Å². The average molecular weight is 231 g/mol. The molecule has 1 saturated carbocycles. The van der Waals surface area contributed by atoms with E-state index in [2.05, 4.69) is 19.2 Å². The summed E-state index contributed by atoms with van der Waals surface area (Å²) in [5.41, 5.74) is 3.96. The molecule has 3 heteroatoms. The smallest absolute Gasteiger partial charge is 0.131 e. The van der Waals surface area contributed by atoms with Gasteiger partial charge in [0, 0.05) is 31.0 Å². The van der Waals surface area contributed by atoms with E-state index >= 15 is 0 Å². The van der Waals surface area contributed by atoms with Crippen molar-refractivity contribution in [2.75, 3.05) is 6.54 Å². The summed E-state index contributed by atoms with van der Waals surface area (Å²) in [6.07, 6.45) is 4.99. The van der Waals surface area contributed by atoms with E-state index in [4.69, 9.17) is 9.97 Å². The Balaban J connectivity index is 2.04. The fraction of sp³-hybridized carbons (Fsp3) is 0.714. The van der Waals surface area contributed by atoms with Crippen molar-refractivity contribution in [1.29, 1.82) is 0 Å². The second kappa shape index (κ2) is 4.37. The molecular weight excluding hydrogens is 210 g/mol. The lowest BCUT2D eigenvalue weighted by Gasteiger charge is -2.28. The standard InChI is InChI=1S/C14H21N3/c1-9(2)13-11-8-15-7-6-12(11)16-14(17-13)10-4-3-5-10/h9-10,15H,3-8H2,1-2H3. The molecule has 1 aliphatic carbocycles. The Morgan fingerprint density at radius 1 is 1.24 bits per heavy atom. The zero-order chi connectivity index (χ0) is 11.8. The largest absolute Gasteiger partial charge is 0.312 e. The van der Waals surface area contributed by atoms with E-state index in [1.807, 2.05) is 0 Å². The van der Waals surface area contributed by atoms with Gasteiger partial charge in [0.05, 0.1) is 11.4 Å². The first-order valence-corrected chi connectivity index (χ1v) is 6.86. The van der Waals surface area contributed by atoms with Crippen LogP contribution in [0.15, 0.2) is 0 Å². The van der Waals surface area contributed by atoms with Crippen molar-refractivity contribution in [3.63, 3.8) is 0 Å². The van der Waals surface area contributed by atoms with E-state index < -0.39 is 0 Å². The highest BCUT2D eigenvalue weighted by Gasteiger charge is 2.26. The summed E-state index contributed by atoms with van der Waals surface area (Å²) in [5.74, 6) is 2.28. The van der Waals surface area contributed by atoms with Crippen LogP contribution in [0.2, 0.25) is 0 Å². The molecule has 3 nitrogen and oxygen atoms in total. The van der Waals surface area contributed by atoms with Crippen LogP contribution in [0.3, 0.4) is 0 Å². The van der Waals surface area contributed by atoms with E-state index in [0.29, 0.717) is 11.8 Å². The van der Waals surface area contributed by atoms with Crippen molar-refractivity contribution in [2.45, 2.75) is 57.9 Å². The molecule has 1 aromatic heterocycles.